The normalized spacial score (nSPS) is 19.9. The highest BCUT2D eigenvalue weighted by Crippen LogP contribution is 2.47. The maximum Gasteiger partial charge on any atom is 0.251 e. The highest BCUT2D eigenvalue weighted by Gasteiger charge is 2.35. The smallest absolute Gasteiger partial charge is 0.251 e. The number of carbonyl (C=O) groups is 1. The van der Waals surface area contributed by atoms with Gasteiger partial charge in [0.15, 0.2) is 0 Å². The second kappa shape index (κ2) is 20.7. The molecule has 1 aliphatic carbocycles. The minimum Gasteiger partial charge on any atom is -0.381 e. The minimum atomic E-state index is -0.0393. The van der Waals surface area contributed by atoms with Crippen molar-refractivity contribution in [3.8, 4) is 0 Å². The summed E-state index contributed by atoms with van der Waals surface area (Å²) >= 11 is 8.20. The Bertz CT molecular complexity index is 1990. The molecule has 2 aliphatic heterocycles. The van der Waals surface area contributed by atoms with Crippen molar-refractivity contribution in [3.63, 3.8) is 0 Å². The van der Waals surface area contributed by atoms with Crippen molar-refractivity contribution in [3.05, 3.63) is 130 Å². The molecule has 2 atom stereocenters. The fourth-order valence-electron chi connectivity index (χ4n) is 9.11. The first-order valence-electron chi connectivity index (χ1n) is 22.2. The molecule has 0 bridgehead atoms. The molecule has 7 rings (SSSR count). The zero-order chi connectivity index (χ0) is 41.2. The van der Waals surface area contributed by atoms with Crippen LogP contribution in [0.25, 0.3) is 5.57 Å². The van der Waals surface area contributed by atoms with Crippen LogP contribution in [0.15, 0.2) is 108 Å². The van der Waals surface area contributed by atoms with Crippen LogP contribution in [0.2, 0.25) is 5.02 Å². The van der Waals surface area contributed by atoms with Crippen LogP contribution in [-0.2, 0) is 6.54 Å². The van der Waals surface area contributed by atoms with E-state index in [4.69, 9.17) is 11.6 Å². The largest absolute Gasteiger partial charge is 0.381 e. The van der Waals surface area contributed by atoms with Crippen molar-refractivity contribution < 1.29 is 4.79 Å². The van der Waals surface area contributed by atoms with Crippen LogP contribution in [0.3, 0.4) is 0 Å². The van der Waals surface area contributed by atoms with Crippen molar-refractivity contribution in [1.82, 2.24) is 15.1 Å². The molecule has 8 heteroatoms. The average Bonchev–Trinajstić information content (AvgIpc) is 3.26. The number of benzene rings is 4. The number of halogens is 1. The van der Waals surface area contributed by atoms with Gasteiger partial charge in [-0.2, -0.15) is 0 Å². The Morgan fingerprint density at radius 2 is 1.58 bits per heavy atom. The van der Waals surface area contributed by atoms with Gasteiger partial charge in [0.25, 0.3) is 5.91 Å². The van der Waals surface area contributed by atoms with Crippen molar-refractivity contribution in [2.45, 2.75) is 90.1 Å². The third kappa shape index (κ3) is 12.0. The number of hydrogen-bond acceptors (Lipinski definition) is 6. The Labute approximate surface area is 364 Å². The number of carbonyl (C=O) groups excluding carboxylic acids is 1. The number of piperidine rings is 1. The zero-order valence-corrected chi connectivity index (χ0v) is 37.5. The van der Waals surface area contributed by atoms with Crippen molar-refractivity contribution in [2.75, 3.05) is 68.3 Å². The molecule has 59 heavy (non-hydrogen) atoms. The summed E-state index contributed by atoms with van der Waals surface area (Å²) in [5.41, 5.74) is 10.2. The van der Waals surface area contributed by atoms with Crippen LogP contribution >= 0.6 is 23.4 Å². The Hall–Kier alpha value is -3.75. The van der Waals surface area contributed by atoms with Crippen molar-refractivity contribution in [2.24, 2.45) is 11.3 Å². The molecule has 2 heterocycles. The number of likely N-dealkylation sites (tertiary alicyclic amines) is 1. The lowest BCUT2D eigenvalue weighted by atomic mass is 9.66. The summed E-state index contributed by atoms with van der Waals surface area (Å²) in [5, 5.41) is 7.87. The summed E-state index contributed by atoms with van der Waals surface area (Å²) in [6.45, 7) is 18.5. The summed E-state index contributed by atoms with van der Waals surface area (Å²) in [5.74, 6) is 1.63. The van der Waals surface area contributed by atoms with Gasteiger partial charge in [0.1, 0.15) is 0 Å². The number of piperazine rings is 1. The van der Waals surface area contributed by atoms with E-state index < -0.39 is 0 Å². The van der Waals surface area contributed by atoms with Gasteiger partial charge in [-0.1, -0.05) is 86.8 Å². The maximum absolute atomic E-state index is 13.3. The van der Waals surface area contributed by atoms with Gasteiger partial charge in [-0.25, -0.2) is 0 Å². The molecule has 0 unspecified atom stereocenters. The molecule has 314 valence electrons. The molecule has 4 aromatic carbocycles. The fourth-order valence-corrected chi connectivity index (χ4v) is 10.2. The molecule has 0 spiro atoms. The van der Waals surface area contributed by atoms with Crippen LogP contribution in [0.4, 0.5) is 11.4 Å². The average molecular weight is 833 g/mol. The quantitative estimate of drug-likeness (QED) is 0.110. The fraction of sp³-hybridized carbons (Fsp3) is 0.471. The van der Waals surface area contributed by atoms with Crippen LogP contribution in [0.1, 0.15) is 92.8 Å². The van der Waals surface area contributed by atoms with Gasteiger partial charge >= 0.3 is 0 Å². The summed E-state index contributed by atoms with van der Waals surface area (Å²) in [6.07, 6.45) is 8.64. The van der Waals surface area contributed by atoms with Gasteiger partial charge in [0.2, 0.25) is 0 Å². The number of nitrogens with one attached hydrogen (secondary N) is 2. The number of rotatable bonds is 16. The van der Waals surface area contributed by atoms with Gasteiger partial charge in [0.05, 0.1) is 0 Å². The molecule has 3 aliphatic rings. The third-order valence-corrected chi connectivity index (χ3v) is 14.8. The van der Waals surface area contributed by atoms with Crippen LogP contribution < -0.4 is 15.5 Å². The van der Waals surface area contributed by atoms with E-state index in [-0.39, 0.29) is 5.91 Å². The molecule has 2 fully saturated rings. The highest BCUT2D eigenvalue weighted by atomic mass is 35.5. The van der Waals surface area contributed by atoms with Gasteiger partial charge in [0, 0.05) is 84.5 Å². The molecule has 1 amide bonds. The van der Waals surface area contributed by atoms with E-state index in [1.165, 1.54) is 71.7 Å². The summed E-state index contributed by atoms with van der Waals surface area (Å²) in [4.78, 5) is 22.3. The highest BCUT2D eigenvalue weighted by molar-refractivity contribution is 7.99. The Kier molecular flexibility index (Phi) is 15.2. The van der Waals surface area contributed by atoms with Gasteiger partial charge in [-0.15, -0.1) is 11.8 Å². The van der Waals surface area contributed by atoms with Gasteiger partial charge in [-0.05, 0) is 147 Å². The monoisotopic (exact) mass is 831 g/mol. The first-order chi connectivity index (χ1) is 28.6. The molecule has 0 saturated carbocycles. The summed E-state index contributed by atoms with van der Waals surface area (Å²) in [7, 11) is 0. The molecule has 2 N–H and O–H groups in total. The van der Waals surface area contributed by atoms with E-state index in [0.717, 1.165) is 74.9 Å². The second-order valence-corrected chi connectivity index (χ2v) is 19.4. The summed E-state index contributed by atoms with van der Waals surface area (Å²) < 4.78 is 0. The van der Waals surface area contributed by atoms with Crippen LogP contribution in [0, 0.1) is 18.3 Å². The molecule has 6 nitrogen and oxygen atoms in total. The number of hydrogen-bond donors (Lipinski definition) is 2. The third-order valence-electron chi connectivity index (χ3n) is 13.4. The van der Waals surface area contributed by atoms with E-state index >= 15 is 0 Å². The minimum absolute atomic E-state index is 0.0393. The van der Waals surface area contributed by atoms with Crippen molar-refractivity contribution >= 4 is 46.2 Å². The molecule has 0 radical (unpaired) electrons. The Morgan fingerprint density at radius 1 is 0.847 bits per heavy atom. The number of nitrogens with zero attached hydrogens (tertiary/aromatic N) is 3. The number of anilines is 2. The maximum atomic E-state index is 13.3. The van der Waals surface area contributed by atoms with Crippen LogP contribution in [0.5, 0.6) is 0 Å². The molecular formula is C51H66ClN5OS. The molecule has 0 aromatic heterocycles. The predicted molar refractivity (Wildman–Crippen MR) is 252 cm³/mol. The van der Waals surface area contributed by atoms with E-state index in [0.29, 0.717) is 29.5 Å². The Morgan fingerprint density at radius 3 is 2.27 bits per heavy atom. The van der Waals surface area contributed by atoms with Crippen molar-refractivity contribution in [1.29, 1.82) is 0 Å². The van der Waals surface area contributed by atoms with E-state index in [9.17, 15) is 4.79 Å². The molecule has 4 aromatic rings. The standard InChI is InChI=1S/C51H66ClN5OS/c1-38(2)51(4)25-23-48(41-14-18-44(52)19-15-41)43(34-51)36-56-29-31-57(32-30-56)46-20-16-42(17-21-46)50(58)53-35-40-13-22-49(39(3)33-40)54-45(24-28-55-26-9-6-10-27-55)37-59-47-11-7-5-8-12-47/h5,7-8,11-22,33,38,45,54H,6,9-10,23-32,34-37H2,1-4H3,(H,53,58)/t45-,51-/m1/s1. The van der Waals surface area contributed by atoms with Crippen LogP contribution in [-0.4, -0.2) is 79.9 Å². The first-order valence-corrected chi connectivity index (χ1v) is 23.6. The molecule has 2 saturated heterocycles. The first kappa shape index (κ1) is 43.3. The van der Waals surface area contributed by atoms with E-state index in [1.807, 2.05) is 36.0 Å². The van der Waals surface area contributed by atoms with E-state index in [2.05, 4.69) is 126 Å². The number of allylic oxidation sites excluding steroid dienone is 1. The lowest BCUT2D eigenvalue weighted by molar-refractivity contribution is 0.0951. The SMILES string of the molecule is Cc1cc(CNC(=O)c2ccc(N3CCN(CC4=C(c5ccc(Cl)cc5)CC[C@@](C)(C(C)C)C4)CC3)cc2)ccc1N[C@H](CCN1CCCCC1)CSc1ccccc1. The summed E-state index contributed by atoms with van der Waals surface area (Å²) in [6, 6.07) is 34.3. The zero-order valence-electron chi connectivity index (χ0n) is 35.9. The predicted octanol–water partition coefficient (Wildman–Crippen LogP) is 11.4. The lowest BCUT2D eigenvalue weighted by Crippen LogP contribution is -2.47. The topological polar surface area (TPSA) is 50.9 Å². The number of amides is 1. The van der Waals surface area contributed by atoms with E-state index in [1.54, 1.807) is 5.57 Å². The Balaban J connectivity index is 0.898. The van der Waals surface area contributed by atoms with Gasteiger partial charge < -0.3 is 20.4 Å². The lowest BCUT2D eigenvalue weighted by Gasteiger charge is -2.42. The number of thioether (sulfide) groups is 1. The number of aryl methyl sites for hydroxylation is 1. The second-order valence-electron chi connectivity index (χ2n) is 17.9. The van der Waals surface area contributed by atoms with Gasteiger partial charge in [-0.3, -0.25) is 9.69 Å². The molecular weight excluding hydrogens is 766 g/mol.